The Morgan fingerprint density at radius 2 is 1.50 bits per heavy atom. The molecule has 0 N–H and O–H groups in total. The lowest BCUT2D eigenvalue weighted by molar-refractivity contribution is -0.164. The van der Waals surface area contributed by atoms with Crippen molar-refractivity contribution in [2.75, 3.05) is 13.7 Å². The molecule has 3 atom stereocenters. The fourth-order valence-corrected chi connectivity index (χ4v) is 4.14. The van der Waals surface area contributed by atoms with E-state index in [2.05, 4.69) is 0 Å². The number of carbonyl (C=O) groups is 3. The Morgan fingerprint density at radius 1 is 0.861 bits per heavy atom. The summed E-state index contributed by atoms with van der Waals surface area (Å²) in [5.41, 5.74) is 2.12. The fourth-order valence-electron chi connectivity index (χ4n) is 4.14. The van der Waals surface area contributed by atoms with Crippen molar-refractivity contribution >= 4 is 17.9 Å². The molecule has 1 aliphatic heterocycles. The number of ether oxygens (including phenoxy) is 5. The monoisotopic (exact) mass is 490 g/mol. The van der Waals surface area contributed by atoms with Gasteiger partial charge in [0, 0.05) is 32.6 Å². The highest BCUT2D eigenvalue weighted by Crippen LogP contribution is 2.45. The average Bonchev–Trinajstić information content (AvgIpc) is 2.85. The van der Waals surface area contributed by atoms with Crippen LogP contribution in [0.3, 0.4) is 0 Å². The molecule has 0 aliphatic carbocycles. The van der Waals surface area contributed by atoms with Crippen LogP contribution in [0.15, 0.2) is 72.8 Å². The van der Waals surface area contributed by atoms with Gasteiger partial charge in [-0.3, -0.25) is 9.59 Å². The zero-order valence-corrected chi connectivity index (χ0v) is 20.1. The zero-order valence-electron chi connectivity index (χ0n) is 20.1. The molecule has 0 amide bonds. The van der Waals surface area contributed by atoms with Crippen molar-refractivity contribution in [3.8, 4) is 17.2 Å². The summed E-state index contributed by atoms with van der Waals surface area (Å²) in [5.74, 6) is -0.591. The van der Waals surface area contributed by atoms with E-state index in [0.717, 1.165) is 5.56 Å². The van der Waals surface area contributed by atoms with E-state index < -0.39 is 30.1 Å². The lowest BCUT2D eigenvalue weighted by Crippen LogP contribution is -2.30. The zero-order chi connectivity index (χ0) is 25.7. The molecule has 3 aromatic rings. The van der Waals surface area contributed by atoms with Crippen molar-refractivity contribution in [2.45, 2.75) is 32.0 Å². The number of hydrogen-bond acceptors (Lipinski definition) is 8. The third-order valence-corrected chi connectivity index (χ3v) is 5.70. The van der Waals surface area contributed by atoms with E-state index in [1.165, 1.54) is 21.0 Å². The Labute approximate surface area is 208 Å². The second-order valence-corrected chi connectivity index (χ2v) is 8.26. The third-order valence-electron chi connectivity index (χ3n) is 5.70. The topological polar surface area (TPSA) is 97.4 Å². The van der Waals surface area contributed by atoms with Gasteiger partial charge in [-0.25, -0.2) is 4.79 Å². The molecule has 36 heavy (non-hydrogen) atoms. The predicted molar refractivity (Wildman–Crippen MR) is 129 cm³/mol. The number of methoxy groups -OCH3 is 1. The van der Waals surface area contributed by atoms with Gasteiger partial charge in [-0.1, -0.05) is 42.5 Å². The highest BCUT2D eigenvalue weighted by Gasteiger charge is 2.37. The molecule has 4 rings (SSSR count). The Balaban J connectivity index is 1.67. The van der Waals surface area contributed by atoms with Gasteiger partial charge >= 0.3 is 17.9 Å². The molecule has 1 aliphatic rings. The lowest BCUT2D eigenvalue weighted by atomic mass is 9.87. The van der Waals surface area contributed by atoms with Gasteiger partial charge in [0.25, 0.3) is 0 Å². The quantitative estimate of drug-likeness (QED) is 0.348. The molecule has 0 spiro atoms. The summed E-state index contributed by atoms with van der Waals surface area (Å²) >= 11 is 0. The molecule has 8 nitrogen and oxygen atoms in total. The van der Waals surface area contributed by atoms with Gasteiger partial charge in [-0.2, -0.15) is 0 Å². The number of rotatable bonds is 7. The number of fused-ring (bicyclic) bond motifs is 1. The van der Waals surface area contributed by atoms with Gasteiger partial charge in [0.05, 0.1) is 12.5 Å². The second kappa shape index (κ2) is 11.0. The van der Waals surface area contributed by atoms with E-state index in [1.54, 1.807) is 54.6 Å². The number of hydrogen-bond donors (Lipinski definition) is 0. The first-order chi connectivity index (χ1) is 17.4. The Hall–Kier alpha value is -4.17. The van der Waals surface area contributed by atoms with E-state index in [0.29, 0.717) is 28.4 Å². The first-order valence-electron chi connectivity index (χ1n) is 11.4. The van der Waals surface area contributed by atoms with E-state index in [4.69, 9.17) is 23.7 Å². The summed E-state index contributed by atoms with van der Waals surface area (Å²) in [6, 6.07) is 21.0. The van der Waals surface area contributed by atoms with Crippen LogP contribution in [0.25, 0.3) is 0 Å². The maximum absolute atomic E-state index is 13.3. The number of benzene rings is 3. The van der Waals surface area contributed by atoms with Crippen molar-refractivity contribution in [1.29, 1.82) is 0 Å². The minimum absolute atomic E-state index is 0.199. The maximum Gasteiger partial charge on any atom is 0.340 e. The van der Waals surface area contributed by atoms with Crippen LogP contribution in [0.1, 0.15) is 48.7 Å². The molecular formula is C28H26O8. The van der Waals surface area contributed by atoms with Crippen LogP contribution in [0, 0.1) is 0 Å². The van der Waals surface area contributed by atoms with Gasteiger partial charge < -0.3 is 23.7 Å². The van der Waals surface area contributed by atoms with Crippen LogP contribution in [0.5, 0.6) is 17.2 Å². The molecule has 1 heterocycles. The van der Waals surface area contributed by atoms with Gasteiger partial charge in [0.2, 0.25) is 0 Å². The molecule has 0 aromatic heterocycles. The second-order valence-electron chi connectivity index (χ2n) is 8.26. The highest BCUT2D eigenvalue weighted by atomic mass is 16.6. The SMILES string of the molecule is CO[C@@H](C(=O)OC1c2ccc(OC(C)=O)cc2OCC1c1ccc(OC(C)=O)cc1)c1ccccc1. The first-order valence-corrected chi connectivity index (χ1v) is 11.4. The Bertz CT molecular complexity index is 1240. The van der Waals surface area contributed by atoms with Crippen LogP contribution in [0.2, 0.25) is 0 Å². The van der Waals surface area contributed by atoms with Gasteiger partial charge in [-0.15, -0.1) is 0 Å². The summed E-state index contributed by atoms with van der Waals surface area (Å²) in [5, 5.41) is 0. The molecule has 3 aromatic carbocycles. The minimum atomic E-state index is -0.912. The predicted octanol–water partition coefficient (Wildman–Crippen LogP) is 4.69. The van der Waals surface area contributed by atoms with Crippen LogP contribution in [-0.2, 0) is 23.9 Å². The Kier molecular flexibility index (Phi) is 7.65. The summed E-state index contributed by atoms with van der Waals surface area (Å²) in [7, 11) is 1.45. The third kappa shape index (κ3) is 5.72. The lowest BCUT2D eigenvalue weighted by Gasteiger charge is -2.34. The minimum Gasteiger partial charge on any atom is -0.492 e. The van der Waals surface area contributed by atoms with Crippen LogP contribution >= 0.6 is 0 Å². The molecule has 0 saturated carbocycles. The van der Waals surface area contributed by atoms with Crippen molar-refractivity contribution in [2.24, 2.45) is 0 Å². The first kappa shape index (κ1) is 24.9. The van der Waals surface area contributed by atoms with Crippen molar-refractivity contribution in [3.63, 3.8) is 0 Å². The highest BCUT2D eigenvalue weighted by molar-refractivity contribution is 5.77. The Morgan fingerprint density at radius 3 is 2.14 bits per heavy atom. The van der Waals surface area contributed by atoms with Crippen molar-refractivity contribution in [1.82, 2.24) is 0 Å². The van der Waals surface area contributed by atoms with Crippen LogP contribution < -0.4 is 14.2 Å². The van der Waals surface area contributed by atoms with Gasteiger partial charge in [0.15, 0.2) is 6.10 Å². The van der Waals surface area contributed by atoms with Crippen LogP contribution in [-0.4, -0.2) is 31.6 Å². The van der Waals surface area contributed by atoms with E-state index in [9.17, 15) is 14.4 Å². The van der Waals surface area contributed by atoms with Crippen molar-refractivity contribution in [3.05, 3.63) is 89.5 Å². The molecular weight excluding hydrogens is 464 g/mol. The molecule has 0 bridgehead atoms. The molecule has 0 saturated heterocycles. The molecule has 0 fully saturated rings. The molecule has 2 unspecified atom stereocenters. The summed E-state index contributed by atoms with van der Waals surface area (Å²) in [6.45, 7) is 2.84. The number of carbonyl (C=O) groups excluding carboxylic acids is 3. The van der Waals surface area contributed by atoms with E-state index in [1.807, 2.05) is 18.2 Å². The molecule has 186 valence electrons. The van der Waals surface area contributed by atoms with Gasteiger partial charge in [-0.05, 0) is 35.4 Å². The smallest absolute Gasteiger partial charge is 0.340 e. The van der Waals surface area contributed by atoms with Gasteiger partial charge in [0.1, 0.15) is 23.4 Å². The summed E-state index contributed by atoms with van der Waals surface area (Å²) < 4.78 is 27.8. The maximum atomic E-state index is 13.3. The fraction of sp³-hybridized carbons (Fsp3) is 0.250. The molecule has 8 heteroatoms. The van der Waals surface area contributed by atoms with E-state index in [-0.39, 0.29) is 12.5 Å². The standard InChI is InChI=1S/C28H26O8/c1-17(29)34-21-11-9-19(10-12-21)24-16-33-25-15-22(35-18(2)30)13-14-23(25)27(24)36-28(31)26(32-3)20-7-5-4-6-8-20/h4-15,24,26-27H,16H2,1-3H3/t24?,26-,27?/m1/s1. The molecule has 0 radical (unpaired) electrons. The average molecular weight is 491 g/mol. The largest absolute Gasteiger partial charge is 0.492 e. The summed E-state index contributed by atoms with van der Waals surface area (Å²) in [4.78, 5) is 36.0. The number of esters is 3. The van der Waals surface area contributed by atoms with E-state index >= 15 is 0 Å². The van der Waals surface area contributed by atoms with Crippen molar-refractivity contribution < 1.29 is 38.1 Å². The summed E-state index contributed by atoms with van der Waals surface area (Å²) in [6.07, 6.45) is -1.63. The normalized spacial score (nSPS) is 17.2. The van der Waals surface area contributed by atoms with Crippen LogP contribution in [0.4, 0.5) is 0 Å².